The molecule has 0 aliphatic heterocycles. The zero-order valence-corrected chi connectivity index (χ0v) is 19.4. The molecule has 0 atom stereocenters. The number of amides is 2. The van der Waals surface area contributed by atoms with E-state index in [1.165, 1.54) is 12.1 Å². The molecule has 0 saturated heterocycles. The van der Waals surface area contributed by atoms with Crippen molar-refractivity contribution in [1.82, 2.24) is 5.32 Å². The molecule has 0 saturated carbocycles. The van der Waals surface area contributed by atoms with Gasteiger partial charge in [0.15, 0.2) is 0 Å². The number of aryl methyl sites for hydroxylation is 3. The average Bonchev–Trinajstić information content (AvgIpc) is 2.84. The number of carbonyl (C=O) groups excluding carboxylic acids is 2. The van der Waals surface area contributed by atoms with Crippen LogP contribution in [0.3, 0.4) is 0 Å². The van der Waals surface area contributed by atoms with E-state index in [1.807, 2.05) is 44.2 Å². The number of benzene rings is 3. The largest absolute Gasteiger partial charge is 0.507 e. The highest BCUT2D eigenvalue weighted by Crippen LogP contribution is 2.33. The molecule has 0 aliphatic rings. The van der Waals surface area contributed by atoms with E-state index in [0.29, 0.717) is 30.0 Å². The first-order chi connectivity index (χ1) is 16.4. The number of para-hydroxylation sites is 1. The average molecular weight is 463 g/mol. The molecular weight excluding hydrogens is 432 g/mol. The number of anilines is 1. The van der Waals surface area contributed by atoms with Gasteiger partial charge < -0.3 is 25.6 Å². The van der Waals surface area contributed by atoms with E-state index in [-0.39, 0.29) is 30.4 Å². The number of ether oxygens (including phenoxy) is 1. The summed E-state index contributed by atoms with van der Waals surface area (Å²) in [5, 5.41) is 24.5. The second kappa shape index (κ2) is 11.9. The monoisotopic (exact) mass is 462 g/mol. The quantitative estimate of drug-likeness (QED) is 0.358. The minimum Gasteiger partial charge on any atom is -0.507 e. The van der Waals surface area contributed by atoms with Crippen molar-refractivity contribution in [1.29, 1.82) is 0 Å². The Kier molecular flexibility index (Phi) is 8.65. The minimum absolute atomic E-state index is 0.0796. The first kappa shape index (κ1) is 24.8. The van der Waals surface area contributed by atoms with Gasteiger partial charge in [-0.3, -0.25) is 9.59 Å². The van der Waals surface area contributed by atoms with Crippen LogP contribution in [-0.4, -0.2) is 35.2 Å². The fourth-order valence-corrected chi connectivity index (χ4v) is 3.62. The Morgan fingerprint density at radius 3 is 2.50 bits per heavy atom. The maximum atomic E-state index is 12.7. The molecule has 0 aromatic heterocycles. The minimum atomic E-state index is -0.434. The number of hydrogen-bond acceptors (Lipinski definition) is 5. The molecule has 0 heterocycles. The molecule has 178 valence electrons. The van der Waals surface area contributed by atoms with Gasteiger partial charge in [0.05, 0.1) is 12.2 Å². The van der Waals surface area contributed by atoms with Crippen molar-refractivity contribution < 1.29 is 24.5 Å². The second-order valence-electron chi connectivity index (χ2n) is 7.93. The van der Waals surface area contributed by atoms with Crippen molar-refractivity contribution in [3.63, 3.8) is 0 Å². The van der Waals surface area contributed by atoms with Crippen LogP contribution < -0.4 is 15.4 Å². The lowest BCUT2D eigenvalue weighted by Crippen LogP contribution is -2.26. The van der Waals surface area contributed by atoms with Crippen LogP contribution in [0.2, 0.25) is 0 Å². The molecule has 0 aliphatic carbocycles. The summed E-state index contributed by atoms with van der Waals surface area (Å²) in [5.74, 6) is 0.455. The van der Waals surface area contributed by atoms with Gasteiger partial charge in [-0.15, -0.1) is 0 Å². The topological polar surface area (TPSA) is 108 Å². The highest BCUT2D eigenvalue weighted by atomic mass is 16.5. The summed E-state index contributed by atoms with van der Waals surface area (Å²) in [4.78, 5) is 24.5. The number of carbonyl (C=O) groups is 2. The van der Waals surface area contributed by atoms with Gasteiger partial charge >= 0.3 is 0 Å². The molecule has 4 N–H and O–H groups in total. The zero-order chi connectivity index (χ0) is 24.5. The number of aliphatic hydroxyl groups excluding tert-OH is 1. The van der Waals surface area contributed by atoms with Crippen molar-refractivity contribution in [2.75, 3.05) is 18.5 Å². The number of aliphatic hydroxyl groups is 1. The zero-order valence-electron chi connectivity index (χ0n) is 19.4. The number of rotatable bonds is 10. The maximum Gasteiger partial charge on any atom is 0.259 e. The Balaban J connectivity index is 1.77. The second-order valence-corrected chi connectivity index (χ2v) is 7.93. The summed E-state index contributed by atoms with van der Waals surface area (Å²) in [5.41, 5.74) is 3.66. The summed E-state index contributed by atoms with van der Waals surface area (Å²) in [6.07, 6.45) is 1.63. The molecule has 0 fully saturated rings. The molecule has 7 heteroatoms. The van der Waals surface area contributed by atoms with Crippen molar-refractivity contribution in [2.45, 2.75) is 33.1 Å². The van der Waals surface area contributed by atoms with Crippen molar-refractivity contribution in [3.8, 4) is 17.2 Å². The predicted octanol–water partition coefficient (Wildman–Crippen LogP) is 4.35. The number of nitrogens with one attached hydrogen (secondary N) is 2. The lowest BCUT2D eigenvalue weighted by atomic mass is 10.00. The fraction of sp³-hybridized carbons (Fsp3) is 0.259. The van der Waals surface area contributed by atoms with Crippen molar-refractivity contribution >= 4 is 17.5 Å². The molecule has 3 aromatic rings. The van der Waals surface area contributed by atoms with Crippen LogP contribution in [0.1, 0.15) is 40.4 Å². The first-order valence-corrected chi connectivity index (χ1v) is 11.3. The molecule has 3 rings (SSSR count). The number of hydrogen-bond donors (Lipinski definition) is 4. The van der Waals surface area contributed by atoms with Crippen LogP contribution in [0, 0.1) is 6.92 Å². The molecule has 0 bridgehead atoms. The van der Waals surface area contributed by atoms with Crippen LogP contribution in [0.15, 0.2) is 60.7 Å². The molecule has 0 spiro atoms. The fourth-order valence-electron chi connectivity index (χ4n) is 3.62. The molecule has 34 heavy (non-hydrogen) atoms. The molecule has 2 amide bonds. The lowest BCUT2D eigenvalue weighted by molar-refractivity contribution is -0.121. The number of phenols is 1. The SMILES string of the molecule is CCc1cc(CCC(=O)NCCO)cc(C)c1Oc1ccc(O)c(C(=O)Nc2ccccc2)c1. The van der Waals surface area contributed by atoms with Gasteiger partial charge in [0.1, 0.15) is 17.2 Å². The van der Waals surface area contributed by atoms with Gasteiger partial charge in [0.25, 0.3) is 5.91 Å². The van der Waals surface area contributed by atoms with Gasteiger partial charge in [-0.05, 0) is 66.8 Å². The maximum absolute atomic E-state index is 12.7. The Bertz CT molecular complexity index is 1150. The van der Waals surface area contributed by atoms with Crippen LogP contribution >= 0.6 is 0 Å². The summed E-state index contributed by atoms with van der Waals surface area (Å²) in [6.45, 7) is 4.13. The Labute approximate surface area is 199 Å². The molecule has 0 radical (unpaired) electrons. The Hall–Kier alpha value is -3.84. The van der Waals surface area contributed by atoms with E-state index in [9.17, 15) is 14.7 Å². The van der Waals surface area contributed by atoms with E-state index < -0.39 is 5.91 Å². The van der Waals surface area contributed by atoms with Gasteiger partial charge in [-0.2, -0.15) is 0 Å². The van der Waals surface area contributed by atoms with E-state index >= 15 is 0 Å². The standard InChI is InChI=1S/C27H30N2O5/c1-3-20-16-19(9-12-25(32)28-13-14-30)15-18(2)26(20)34-22-10-11-24(31)23(17-22)27(33)29-21-7-5-4-6-8-21/h4-8,10-11,15-17,30-31H,3,9,12-14H2,1-2H3,(H,28,32)(H,29,33). The number of phenolic OH excluding ortho intramolecular Hbond substituents is 1. The highest BCUT2D eigenvalue weighted by molar-refractivity contribution is 6.06. The molecular formula is C27H30N2O5. The van der Waals surface area contributed by atoms with E-state index in [1.54, 1.807) is 18.2 Å². The third-order valence-corrected chi connectivity index (χ3v) is 5.33. The Morgan fingerprint density at radius 2 is 1.79 bits per heavy atom. The van der Waals surface area contributed by atoms with Gasteiger partial charge in [-0.25, -0.2) is 0 Å². The summed E-state index contributed by atoms with van der Waals surface area (Å²) in [7, 11) is 0. The third-order valence-electron chi connectivity index (χ3n) is 5.33. The van der Waals surface area contributed by atoms with E-state index in [0.717, 1.165) is 23.1 Å². The summed E-state index contributed by atoms with van der Waals surface area (Å²) >= 11 is 0. The van der Waals surface area contributed by atoms with Crippen molar-refractivity contribution in [3.05, 3.63) is 82.9 Å². The van der Waals surface area contributed by atoms with Crippen LogP contribution in [0.5, 0.6) is 17.2 Å². The summed E-state index contributed by atoms with van der Waals surface area (Å²) < 4.78 is 6.16. The third kappa shape index (κ3) is 6.59. The summed E-state index contributed by atoms with van der Waals surface area (Å²) in [6, 6.07) is 17.6. The van der Waals surface area contributed by atoms with Crippen molar-refractivity contribution in [2.24, 2.45) is 0 Å². The predicted molar refractivity (Wildman–Crippen MR) is 132 cm³/mol. The van der Waals surface area contributed by atoms with Gasteiger partial charge in [0, 0.05) is 18.7 Å². The van der Waals surface area contributed by atoms with E-state index in [2.05, 4.69) is 10.6 Å². The highest BCUT2D eigenvalue weighted by Gasteiger charge is 2.16. The Morgan fingerprint density at radius 1 is 1.03 bits per heavy atom. The molecule has 3 aromatic carbocycles. The van der Waals surface area contributed by atoms with E-state index in [4.69, 9.17) is 9.84 Å². The first-order valence-electron chi connectivity index (χ1n) is 11.3. The van der Waals surface area contributed by atoms with Crippen LogP contribution in [-0.2, 0) is 17.6 Å². The lowest BCUT2D eigenvalue weighted by Gasteiger charge is -2.16. The normalized spacial score (nSPS) is 10.6. The van der Waals surface area contributed by atoms with Gasteiger partial charge in [0.2, 0.25) is 5.91 Å². The molecule has 7 nitrogen and oxygen atoms in total. The number of aromatic hydroxyl groups is 1. The van der Waals surface area contributed by atoms with Crippen LogP contribution in [0.4, 0.5) is 5.69 Å². The smallest absolute Gasteiger partial charge is 0.259 e. The molecule has 0 unspecified atom stereocenters. The van der Waals surface area contributed by atoms with Crippen LogP contribution in [0.25, 0.3) is 0 Å². The van der Waals surface area contributed by atoms with Gasteiger partial charge in [-0.1, -0.05) is 37.3 Å².